The van der Waals surface area contributed by atoms with Crippen molar-refractivity contribution in [2.24, 2.45) is 22.9 Å². The molecule has 2 saturated carbocycles. The number of nitro groups is 2. The molecule has 8 heteroatoms. The number of hydrogen-bond acceptors (Lipinski definition) is 6. The summed E-state index contributed by atoms with van der Waals surface area (Å²) in [6, 6.07) is 3.62. The van der Waals surface area contributed by atoms with Gasteiger partial charge in [-0.2, -0.15) is 5.10 Å². The third-order valence-corrected chi connectivity index (χ3v) is 6.43. The van der Waals surface area contributed by atoms with Crippen LogP contribution >= 0.6 is 0 Å². The van der Waals surface area contributed by atoms with Gasteiger partial charge in [0.05, 0.1) is 15.9 Å². The quantitative estimate of drug-likeness (QED) is 0.435. The Kier molecular flexibility index (Phi) is 5.11. The molecule has 0 spiro atoms. The molecule has 1 aromatic rings. The van der Waals surface area contributed by atoms with Gasteiger partial charge in [-0.1, -0.05) is 18.1 Å². The van der Waals surface area contributed by atoms with Crippen molar-refractivity contribution in [2.45, 2.75) is 51.4 Å². The van der Waals surface area contributed by atoms with E-state index >= 15 is 0 Å². The van der Waals surface area contributed by atoms with Crippen molar-refractivity contribution in [3.05, 3.63) is 50.1 Å². The van der Waals surface area contributed by atoms with Gasteiger partial charge in [0.25, 0.3) is 5.69 Å². The van der Waals surface area contributed by atoms with Gasteiger partial charge in [0.15, 0.2) is 0 Å². The molecule has 0 heterocycles. The molecule has 1 aromatic carbocycles. The number of nitrogens with zero attached hydrogens (tertiary/aromatic N) is 3. The summed E-state index contributed by atoms with van der Waals surface area (Å²) < 4.78 is 0. The molecule has 0 amide bonds. The Morgan fingerprint density at radius 3 is 2.68 bits per heavy atom. The zero-order chi connectivity index (χ0) is 19.7. The first kappa shape index (κ1) is 18.6. The molecule has 148 valence electrons. The first-order valence-corrected chi connectivity index (χ1v) is 9.99. The van der Waals surface area contributed by atoms with Crippen LogP contribution in [0.4, 0.5) is 17.1 Å². The third-order valence-electron chi connectivity index (χ3n) is 6.43. The van der Waals surface area contributed by atoms with E-state index in [2.05, 4.69) is 16.6 Å². The van der Waals surface area contributed by atoms with Crippen molar-refractivity contribution >= 4 is 22.8 Å². The number of anilines is 1. The van der Waals surface area contributed by atoms with Crippen LogP contribution < -0.4 is 5.43 Å². The molecule has 0 unspecified atom stereocenters. The molecule has 0 radical (unpaired) electrons. The molecule has 0 saturated heterocycles. The SMILES string of the molecule is O=[N+]([O-])c1ccc(N/N=C2/CCC[C@@H]3CC=C4CCCC[C@@H]4[C@H]23)c([N+](=O)[O-])c1. The molecule has 28 heavy (non-hydrogen) atoms. The molecule has 3 aliphatic rings. The summed E-state index contributed by atoms with van der Waals surface area (Å²) >= 11 is 0. The highest BCUT2D eigenvalue weighted by molar-refractivity contribution is 5.89. The molecule has 2 fully saturated rings. The predicted octanol–water partition coefficient (Wildman–Crippen LogP) is 5.21. The second-order valence-electron chi connectivity index (χ2n) is 7.98. The Morgan fingerprint density at radius 1 is 1.04 bits per heavy atom. The van der Waals surface area contributed by atoms with Crippen molar-refractivity contribution < 1.29 is 9.85 Å². The fourth-order valence-corrected chi connectivity index (χ4v) is 5.16. The van der Waals surface area contributed by atoms with Crippen LogP contribution in [-0.2, 0) is 0 Å². The molecule has 3 atom stereocenters. The highest BCUT2D eigenvalue weighted by atomic mass is 16.6. The highest BCUT2D eigenvalue weighted by Gasteiger charge is 2.40. The highest BCUT2D eigenvalue weighted by Crippen LogP contribution is 2.47. The molecule has 1 N–H and O–H groups in total. The maximum absolute atomic E-state index is 11.4. The smallest absolute Gasteiger partial charge is 0.272 e. The van der Waals surface area contributed by atoms with E-state index in [4.69, 9.17) is 0 Å². The lowest BCUT2D eigenvalue weighted by Crippen LogP contribution is -2.39. The van der Waals surface area contributed by atoms with Crippen molar-refractivity contribution in [3.63, 3.8) is 0 Å². The number of rotatable bonds is 4. The molecular formula is C20H24N4O4. The van der Waals surface area contributed by atoms with Crippen LogP contribution in [0, 0.1) is 38.0 Å². The van der Waals surface area contributed by atoms with Gasteiger partial charge in [-0.25, -0.2) is 0 Å². The van der Waals surface area contributed by atoms with Crippen molar-refractivity contribution in [1.82, 2.24) is 0 Å². The standard InChI is InChI=1S/C20H24N4O4/c25-23(26)15-10-11-17(19(12-15)24(27)28)21-22-18-7-3-5-14-9-8-13-4-1-2-6-16(13)20(14)18/h8,10-12,14,16,20-21H,1-7,9H2/b22-18-/t14-,16+,20-/m1/s1. The molecule has 0 bridgehead atoms. The average molecular weight is 384 g/mol. The van der Waals surface area contributed by atoms with Gasteiger partial charge in [-0.15, -0.1) is 0 Å². The lowest BCUT2D eigenvalue weighted by atomic mass is 9.61. The van der Waals surface area contributed by atoms with Crippen LogP contribution in [0.5, 0.6) is 0 Å². The van der Waals surface area contributed by atoms with Crippen molar-refractivity contribution in [3.8, 4) is 0 Å². The lowest BCUT2D eigenvalue weighted by molar-refractivity contribution is -0.393. The summed E-state index contributed by atoms with van der Waals surface area (Å²) in [4.78, 5) is 21.0. The number of fused-ring (bicyclic) bond motifs is 3. The maximum Gasteiger partial charge on any atom is 0.301 e. The van der Waals surface area contributed by atoms with Gasteiger partial charge >= 0.3 is 5.69 Å². The first-order chi connectivity index (χ1) is 13.5. The second-order valence-corrected chi connectivity index (χ2v) is 7.98. The molecule has 0 aromatic heterocycles. The van der Waals surface area contributed by atoms with Gasteiger partial charge in [-0.3, -0.25) is 25.7 Å². The van der Waals surface area contributed by atoms with E-state index in [0.29, 0.717) is 17.8 Å². The van der Waals surface area contributed by atoms with Crippen LogP contribution in [0.25, 0.3) is 0 Å². The summed E-state index contributed by atoms with van der Waals surface area (Å²) in [5.41, 5.74) is 5.10. The van der Waals surface area contributed by atoms with E-state index in [9.17, 15) is 20.2 Å². The Bertz CT molecular complexity index is 864. The zero-order valence-corrected chi connectivity index (χ0v) is 15.7. The molecule has 3 aliphatic carbocycles. The van der Waals surface area contributed by atoms with Gasteiger partial charge in [0.2, 0.25) is 0 Å². The topological polar surface area (TPSA) is 111 Å². The van der Waals surface area contributed by atoms with Crippen LogP contribution in [-0.4, -0.2) is 15.6 Å². The van der Waals surface area contributed by atoms with Crippen molar-refractivity contribution in [1.29, 1.82) is 0 Å². The number of benzene rings is 1. The summed E-state index contributed by atoms with van der Waals surface area (Å²) in [6.07, 6.45) is 11.6. The van der Waals surface area contributed by atoms with Crippen LogP contribution in [0.1, 0.15) is 51.4 Å². The number of hydrogen-bond donors (Lipinski definition) is 1. The van der Waals surface area contributed by atoms with Gasteiger partial charge in [0, 0.05) is 17.7 Å². The fraction of sp³-hybridized carbons (Fsp3) is 0.550. The Labute approximate surface area is 163 Å². The number of hydrazone groups is 1. The van der Waals surface area contributed by atoms with Gasteiger partial charge in [0.1, 0.15) is 5.69 Å². The fourth-order valence-electron chi connectivity index (χ4n) is 5.16. The van der Waals surface area contributed by atoms with Crippen LogP contribution in [0.15, 0.2) is 34.9 Å². The minimum atomic E-state index is -0.632. The first-order valence-electron chi connectivity index (χ1n) is 9.99. The van der Waals surface area contributed by atoms with Crippen LogP contribution in [0.2, 0.25) is 0 Å². The monoisotopic (exact) mass is 384 g/mol. The Balaban J connectivity index is 1.61. The van der Waals surface area contributed by atoms with Crippen LogP contribution in [0.3, 0.4) is 0 Å². The Morgan fingerprint density at radius 2 is 1.89 bits per heavy atom. The average Bonchev–Trinajstić information content (AvgIpc) is 2.71. The Hall–Kier alpha value is -2.77. The summed E-state index contributed by atoms with van der Waals surface area (Å²) in [6.45, 7) is 0. The van der Waals surface area contributed by atoms with E-state index in [1.807, 2.05) is 0 Å². The van der Waals surface area contributed by atoms with E-state index in [-0.39, 0.29) is 17.1 Å². The third kappa shape index (κ3) is 3.50. The zero-order valence-electron chi connectivity index (χ0n) is 15.7. The second kappa shape index (κ2) is 7.69. The van der Waals surface area contributed by atoms with E-state index < -0.39 is 9.85 Å². The predicted molar refractivity (Wildman–Crippen MR) is 106 cm³/mol. The number of allylic oxidation sites excluding steroid dienone is 2. The number of non-ortho nitro benzene ring substituents is 1. The normalized spacial score (nSPS) is 28.1. The minimum Gasteiger partial charge on any atom is -0.272 e. The molecule has 8 nitrogen and oxygen atoms in total. The van der Waals surface area contributed by atoms with Crippen molar-refractivity contribution in [2.75, 3.05) is 5.43 Å². The largest absolute Gasteiger partial charge is 0.301 e. The lowest BCUT2D eigenvalue weighted by Gasteiger charge is -2.44. The van der Waals surface area contributed by atoms with E-state index in [1.54, 1.807) is 5.57 Å². The summed E-state index contributed by atoms with van der Waals surface area (Å²) in [7, 11) is 0. The van der Waals surface area contributed by atoms with E-state index in [0.717, 1.165) is 31.0 Å². The molecule has 0 aliphatic heterocycles. The summed E-state index contributed by atoms with van der Waals surface area (Å²) in [5, 5.41) is 26.9. The number of nitrogens with one attached hydrogen (secondary N) is 1. The molecule has 4 rings (SSSR count). The number of nitro benzene ring substituents is 2. The summed E-state index contributed by atoms with van der Waals surface area (Å²) in [5.74, 6) is 1.58. The van der Waals surface area contributed by atoms with Gasteiger partial charge in [-0.05, 0) is 62.8 Å². The van der Waals surface area contributed by atoms with E-state index in [1.165, 1.54) is 44.2 Å². The minimum absolute atomic E-state index is 0.195. The van der Waals surface area contributed by atoms with Gasteiger partial charge < -0.3 is 0 Å². The maximum atomic E-state index is 11.4. The molecular weight excluding hydrogens is 360 g/mol.